The Morgan fingerprint density at radius 1 is 1.18 bits per heavy atom. The molecule has 7 heteroatoms. The van der Waals surface area contributed by atoms with Crippen LogP contribution >= 0.6 is 0 Å². The van der Waals surface area contributed by atoms with E-state index in [1.165, 1.54) is 6.26 Å². The molecule has 2 aliphatic rings. The average Bonchev–Trinajstić information content (AvgIpc) is 3.40. The number of nitrogens with zero attached hydrogens (tertiary/aromatic N) is 2. The lowest BCUT2D eigenvalue weighted by molar-refractivity contribution is 0.161. The van der Waals surface area contributed by atoms with Crippen LogP contribution in [0.3, 0.4) is 0 Å². The molecule has 1 aliphatic carbocycles. The first-order valence-corrected chi connectivity index (χ1v) is 11.3. The molecule has 0 saturated heterocycles. The highest BCUT2D eigenvalue weighted by Crippen LogP contribution is 2.52. The molecule has 0 bridgehead atoms. The van der Waals surface area contributed by atoms with Crippen molar-refractivity contribution >= 4 is 26.3 Å². The number of hydrogen-bond donors (Lipinski definition) is 1. The van der Waals surface area contributed by atoms with E-state index < -0.39 is 14.6 Å². The molecule has 1 N–H and O–H groups in total. The molecule has 1 fully saturated rings. The van der Waals surface area contributed by atoms with Gasteiger partial charge in [-0.05, 0) is 43.0 Å². The molecule has 0 atom stereocenters. The molecule has 28 heavy (non-hydrogen) atoms. The molecule has 6 nitrogen and oxygen atoms in total. The summed E-state index contributed by atoms with van der Waals surface area (Å²) in [4.78, 5) is 12.8. The third-order valence-electron chi connectivity index (χ3n) is 5.74. The molecule has 0 radical (unpaired) electrons. The normalized spacial score (nSPS) is 18.8. The number of sulfone groups is 1. The van der Waals surface area contributed by atoms with Gasteiger partial charge in [0.1, 0.15) is 4.75 Å². The molecule has 0 spiro atoms. The first-order chi connectivity index (χ1) is 13.5. The standard InChI is InChI=1S/C21H21N3O3S/c1-28(25,26)21(8-9-21)19-13-18(14-6-11-27-12-7-14)23-20(24-19)16-3-2-4-17-15(16)5-10-22-17/h2-6,10,13,22H,7-9,11-12H2,1H3. The molecular formula is C21H21N3O3S. The van der Waals surface area contributed by atoms with E-state index >= 15 is 0 Å². The predicted octanol–water partition coefficient (Wildman–Crippen LogP) is 3.46. The van der Waals surface area contributed by atoms with Crippen LogP contribution in [0.5, 0.6) is 0 Å². The summed E-state index contributed by atoms with van der Waals surface area (Å²) in [5.74, 6) is 0.569. The van der Waals surface area contributed by atoms with E-state index in [-0.39, 0.29) is 0 Å². The van der Waals surface area contributed by atoms with Crippen molar-refractivity contribution in [2.75, 3.05) is 19.5 Å². The molecule has 1 saturated carbocycles. The van der Waals surface area contributed by atoms with Gasteiger partial charge in [-0.1, -0.05) is 18.2 Å². The highest BCUT2D eigenvalue weighted by atomic mass is 32.2. The topological polar surface area (TPSA) is 84.9 Å². The monoisotopic (exact) mass is 395 g/mol. The summed E-state index contributed by atoms with van der Waals surface area (Å²) in [6.07, 6.45) is 7.20. The van der Waals surface area contributed by atoms with Crippen molar-refractivity contribution in [1.82, 2.24) is 15.0 Å². The summed E-state index contributed by atoms with van der Waals surface area (Å²) < 4.78 is 29.6. The zero-order valence-corrected chi connectivity index (χ0v) is 16.4. The molecule has 1 aliphatic heterocycles. The minimum Gasteiger partial charge on any atom is -0.377 e. The zero-order valence-electron chi connectivity index (χ0n) is 15.6. The van der Waals surface area contributed by atoms with E-state index in [1.807, 2.05) is 42.6 Å². The third kappa shape index (κ3) is 2.77. The molecule has 2 aromatic heterocycles. The van der Waals surface area contributed by atoms with E-state index in [0.29, 0.717) is 37.6 Å². The van der Waals surface area contributed by atoms with Gasteiger partial charge in [-0.15, -0.1) is 0 Å². The number of rotatable bonds is 4. The van der Waals surface area contributed by atoms with Crippen LogP contribution in [0.25, 0.3) is 27.9 Å². The van der Waals surface area contributed by atoms with E-state index in [4.69, 9.17) is 14.7 Å². The molecule has 0 unspecified atom stereocenters. The number of aromatic nitrogens is 3. The van der Waals surface area contributed by atoms with Crippen LogP contribution in [0.15, 0.2) is 42.6 Å². The van der Waals surface area contributed by atoms with Gasteiger partial charge >= 0.3 is 0 Å². The Morgan fingerprint density at radius 3 is 2.75 bits per heavy atom. The first-order valence-electron chi connectivity index (χ1n) is 9.41. The second-order valence-corrected chi connectivity index (χ2v) is 9.85. The van der Waals surface area contributed by atoms with Crippen molar-refractivity contribution in [2.24, 2.45) is 0 Å². The average molecular weight is 395 g/mol. The van der Waals surface area contributed by atoms with Crippen molar-refractivity contribution in [2.45, 2.75) is 24.0 Å². The maximum absolute atomic E-state index is 12.5. The zero-order chi connectivity index (χ0) is 19.4. The largest absolute Gasteiger partial charge is 0.377 e. The van der Waals surface area contributed by atoms with Crippen LogP contribution < -0.4 is 0 Å². The van der Waals surface area contributed by atoms with Gasteiger partial charge in [0.2, 0.25) is 0 Å². The van der Waals surface area contributed by atoms with Crippen molar-refractivity contribution < 1.29 is 13.2 Å². The number of aromatic amines is 1. The molecule has 1 aromatic carbocycles. The summed E-state index contributed by atoms with van der Waals surface area (Å²) in [7, 11) is -3.26. The second-order valence-electron chi connectivity index (χ2n) is 7.53. The summed E-state index contributed by atoms with van der Waals surface area (Å²) >= 11 is 0. The Balaban J connectivity index is 1.74. The fraction of sp³-hybridized carbons (Fsp3) is 0.333. The van der Waals surface area contributed by atoms with E-state index in [0.717, 1.165) is 34.2 Å². The van der Waals surface area contributed by atoms with Crippen molar-refractivity contribution in [3.05, 3.63) is 54.0 Å². The maximum atomic E-state index is 12.5. The Kier molecular flexibility index (Phi) is 3.93. The van der Waals surface area contributed by atoms with Gasteiger partial charge < -0.3 is 9.72 Å². The van der Waals surface area contributed by atoms with Gasteiger partial charge in [0.05, 0.1) is 24.6 Å². The van der Waals surface area contributed by atoms with E-state index in [9.17, 15) is 8.42 Å². The number of ether oxygens (including phenoxy) is 1. The van der Waals surface area contributed by atoms with Gasteiger partial charge in [-0.3, -0.25) is 0 Å². The SMILES string of the molecule is CS(=O)(=O)C1(c2cc(C3=CCOCC3)nc(-c3cccc4[nH]ccc34)n2)CC1. The van der Waals surface area contributed by atoms with E-state index in [2.05, 4.69) is 4.98 Å². The minimum absolute atomic E-state index is 0.550. The van der Waals surface area contributed by atoms with Crippen LogP contribution in [-0.4, -0.2) is 42.8 Å². The highest BCUT2D eigenvalue weighted by molar-refractivity contribution is 7.91. The number of nitrogens with one attached hydrogen (secondary N) is 1. The number of hydrogen-bond acceptors (Lipinski definition) is 5. The molecule has 5 rings (SSSR count). The van der Waals surface area contributed by atoms with Crippen LogP contribution in [0.2, 0.25) is 0 Å². The van der Waals surface area contributed by atoms with Crippen LogP contribution in [-0.2, 0) is 19.3 Å². The van der Waals surface area contributed by atoms with Crippen molar-refractivity contribution in [3.63, 3.8) is 0 Å². The highest BCUT2D eigenvalue weighted by Gasteiger charge is 2.55. The second kappa shape index (κ2) is 6.25. The summed E-state index contributed by atoms with van der Waals surface area (Å²) in [6, 6.07) is 9.81. The Morgan fingerprint density at radius 2 is 2.04 bits per heavy atom. The number of fused-ring (bicyclic) bond motifs is 1. The third-order valence-corrected chi connectivity index (χ3v) is 7.77. The number of benzene rings is 1. The van der Waals surface area contributed by atoms with Crippen molar-refractivity contribution in [1.29, 1.82) is 0 Å². The fourth-order valence-corrected chi connectivity index (χ4v) is 5.26. The van der Waals surface area contributed by atoms with Gasteiger partial charge in [0.25, 0.3) is 0 Å². The maximum Gasteiger partial charge on any atom is 0.160 e. The lowest BCUT2D eigenvalue weighted by atomic mass is 10.0. The van der Waals surface area contributed by atoms with Crippen LogP contribution in [0.1, 0.15) is 30.7 Å². The Labute approximate surface area is 163 Å². The van der Waals surface area contributed by atoms with Crippen LogP contribution in [0, 0.1) is 0 Å². The molecule has 3 heterocycles. The summed E-state index contributed by atoms with van der Waals surface area (Å²) in [5.41, 5.74) is 4.39. The summed E-state index contributed by atoms with van der Waals surface area (Å²) in [6.45, 7) is 1.19. The lowest BCUT2D eigenvalue weighted by Crippen LogP contribution is -2.22. The molecule has 144 valence electrons. The predicted molar refractivity (Wildman–Crippen MR) is 108 cm³/mol. The fourth-order valence-electron chi connectivity index (χ4n) is 3.94. The van der Waals surface area contributed by atoms with Gasteiger partial charge in [0, 0.05) is 28.9 Å². The smallest absolute Gasteiger partial charge is 0.160 e. The number of H-pyrrole nitrogens is 1. The van der Waals surface area contributed by atoms with Crippen LogP contribution in [0.4, 0.5) is 0 Å². The quantitative estimate of drug-likeness (QED) is 0.731. The lowest BCUT2D eigenvalue weighted by Gasteiger charge is -2.18. The minimum atomic E-state index is -3.26. The molecular weight excluding hydrogens is 374 g/mol. The van der Waals surface area contributed by atoms with E-state index in [1.54, 1.807) is 0 Å². The molecule has 0 amide bonds. The van der Waals surface area contributed by atoms with Crippen molar-refractivity contribution in [3.8, 4) is 11.4 Å². The Bertz CT molecular complexity index is 1210. The summed E-state index contributed by atoms with van der Waals surface area (Å²) in [5, 5.41) is 1.02. The van der Waals surface area contributed by atoms with Gasteiger partial charge in [0.15, 0.2) is 15.7 Å². The first kappa shape index (κ1) is 17.6. The van der Waals surface area contributed by atoms with Gasteiger partial charge in [-0.2, -0.15) is 0 Å². The molecule has 3 aromatic rings. The Hall–Kier alpha value is -2.51. The van der Waals surface area contributed by atoms with Gasteiger partial charge in [-0.25, -0.2) is 18.4 Å².